The van der Waals surface area contributed by atoms with Gasteiger partial charge in [-0.1, -0.05) is 30.4 Å². The van der Waals surface area contributed by atoms with Crippen molar-refractivity contribution in [3.05, 3.63) is 77.8 Å². The molecule has 1 aromatic heterocycles. The van der Waals surface area contributed by atoms with E-state index in [-0.39, 0.29) is 0 Å². The zero-order valence-corrected chi connectivity index (χ0v) is 16.1. The van der Waals surface area contributed by atoms with Crippen molar-refractivity contribution in [3.8, 4) is 0 Å². The molecule has 0 aromatic carbocycles. The molecule has 1 aromatic rings. The lowest BCUT2D eigenvalue weighted by Crippen LogP contribution is -2.32. The van der Waals surface area contributed by atoms with E-state index in [1.54, 1.807) is 6.20 Å². The monoisotopic (exact) mass is 362 g/mol. The molecular formula is C24H30N2O. The Balaban J connectivity index is 1.23. The predicted octanol–water partition coefficient (Wildman–Crippen LogP) is 4.88. The number of hydrogen-bond acceptors (Lipinski definition) is 3. The van der Waals surface area contributed by atoms with Crippen LogP contribution in [0.3, 0.4) is 0 Å². The molecule has 0 radical (unpaired) electrons. The van der Waals surface area contributed by atoms with Gasteiger partial charge in [0.15, 0.2) is 0 Å². The van der Waals surface area contributed by atoms with Gasteiger partial charge < -0.3 is 10.0 Å². The van der Waals surface area contributed by atoms with Gasteiger partial charge in [-0.15, -0.1) is 0 Å². The zero-order chi connectivity index (χ0) is 18.5. The van der Waals surface area contributed by atoms with Crippen molar-refractivity contribution in [1.82, 2.24) is 9.88 Å². The fraction of sp³-hybridized carbons (Fsp3) is 0.458. The normalized spacial score (nSPS) is 28.0. The van der Waals surface area contributed by atoms with Crippen molar-refractivity contribution in [2.45, 2.75) is 50.5 Å². The van der Waals surface area contributed by atoms with Crippen molar-refractivity contribution >= 4 is 0 Å². The van der Waals surface area contributed by atoms with Crippen LogP contribution in [0.2, 0.25) is 0 Å². The summed E-state index contributed by atoms with van der Waals surface area (Å²) in [6.07, 6.45) is 24.6. The van der Waals surface area contributed by atoms with E-state index in [1.807, 2.05) is 18.3 Å². The van der Waals surface area contributed by atoms with E-state index in [0.717, 1.165) is 57.2 Å². The predicted molar refractivity (Wildman–Crippen MR) is 110 cm³/mol. The van der Waals surface area contributed by atoms with Gasteiger partial charge in [-0.3, -0.25) is 4.98 Å². The molecule has 1 saturated carbocycles. The minimum absolute atomic E-state index is 0.671. The molecule has 1 fully saturated rings. The first kappa shape index (κ1) is 18.2. The average molecular weight is 363 g/mol. The minimum Gasteiger partial charge on any atom is -0.385 e. The van der Waals surface area contributed by atoms with Crippen LogP contribution in [0.15, 0.2) is 72.3 Å². The molecule has 0 saturated heterocycles. The van der Waals surface area contributed by atoms with E-state index in [2.05, 4.69) is 46.5 Å². The van der Waals surface area contributed by atoms with Crippen LogP contribution in [0.1, 0.15) is 50.5 Å². The van der Waals surface area contributed by atoms with E-state index >= 15 is 0 Å². The Morgan fingerprint density at radius 2 is 2.07 bits per heavy atom. The second kappa shape index (κ2) is 8.26. The van der Waals surface area contributed by atoms with Crippen LogP contribution in [-0.2, 0) is 5.60 Å². The molecule has 3 aliphatic rings. The van der Waals surface area contributed by atoms with Gasteiger partial charge >= 0.3 is 0 Å². The van der Waals surface area contributed by atoms with Crippen molar-refractivity contribution in [3.63, 3.8) is 0 Å². The SMILES string of the molecule is OC1(c2cccnc2)CCC(CCN2C=CC(C3=CCC=CC3)=CC2)CC1. The molecule has 0 unspecified atom stereocenters. The van der Waals surface area contributed by atoms with Crippen LogP contribution in [-0.4, -0.2) is 28.1 Å². The summed E-state index contributed by atoms with van der Waals surface area (Å²) in [4.78, 5) is 6.60. The highest BCUT2D eigenvalue weighted by Crippen LogP contribution is 2.40. The average Bonchev–Trinajstić information content (AvgIpc) is 2.75. The van der Waals surface area contributed by atoms with Crippen LogP contribution in [0.4, 0.5) is 0 Å². The van der Waals surface area contributed by atoms with Gasteiger partial charge in [0.05, 0.1) is 5.60 Å². The maximum atomic E-state index is 11.0. The number of nitrogens with zero attached hydrogens (tertiary/aromatic N) is 2. The lowest BCUT2D eigenvalue weighted by molar-refractivity contribution is -0.0160. The molecule has 1 N–H and O–H groups in total. The standard InChI is InChI=1S/C24H30N2O/c27-24(23-7-4-15-25-19-23)13-8-20(9-14-24)10-16-26-17-11-22(12-18-26)21-5-2-1-3-6-21/h1-2,4,6-7,11-12,15,17,19-20,27H,3,5,8-10,13-14,16,18H2. The summed E-state index contributed by atoms with van der Waals surface area (Å²) in [7, 11) is 0. The molecule has 3 heteroatoms. The summed E-state index contributed by atoms with van der Waals surface area (Å²) in [6, 6.07) is 3.93. The largest absolute Gasteiger partial charge is 0.385 e. The van der Waals surface area contributed by atoms with Crippen molar-refractivity contribution in [2.24, 2.45) is 5.92 Å². The van der Waals surface area contributed by atoms with E-state index in [9.17, 15) is 5.11 Å². The molecule has 27 heavy (non-hydrogen) atoms. The summed E-state index contributed by atoms with van der Waals surface area (Å²) in [6.45, 7) is 2.12. The fourth-order valence-corrected chi connectivity index (χ4v) is 4.49. The molecule has 0 atom stereocenters. The van der Waals surface area contributed by atoms with Crippen LogP contribution < -0.4 is 0 Å². The number of aliphatic hydroxyl groups is 1. The Morgan fingerprint density at radius 1 is 1.19 bits per heavy atom. The molecule has 0 bridgehead atoms. The molecule has 1 aliphatic heterocycles. The Labute approximate surface area is 162 Å². The van der Waals surface area contributed by atoms with E-state index < -0.39 is 5.60 Å². The number of allylic oxidation sites excluding steroid dienone is 6. The maximum absolute atomic E-state index is 11.0. The van der Waals surface area contributed by atoms with E-state index in [4.69, 9.17) is 0 Å². The van der Waals surface area contributed by atoms with Crippen molar-refractivity contribution in [1.29, 1.82) is 0 Å². The summed E-state index contributed by atoms with van der Waals surface area (Å²) < 4.78 is 0. The molecule has 2 heterocycles. The highest BCUT2D eigenvalue weighted by atomic mass is 16.3. The third kappa shape index (κ3) is 4.41. The van der Waals surface area contributed by atoms with Crippen LogP contribution in [0.5, 0.6) is 0 Å². The maximum Gasteiger partial charge on any atom is 0.0911 e. The Hall–Kier alpha value is -2.13. The molecular weight excluding hydrogens is 332 g/mol. The molecule has 2 aliphatic carbocycles. The highest BCUT2D eigenvalue weighted by Gasteiger charge is 2.34. The highest BCUT2D eigenvalue weighted by molar-refractivity contribution is 5.43. The number of rotatable bonds is 5. The van der Waals surface area contributed by atoms with Crippen molar-refractivity contribution in [2.75, 3.05) is 13.1 Å². The lowest BCUT2D eigenvalue weighted by Gasteiger charge is -2.37. The van der Waals surface area contributed by atoms with Gasteiger partial charge in [0.1, 0.15) is 0 Å². The van der Waals surface area contributed by atoms with E-state index in [0.29, 0.717) is 5.92 Å². The second-order valence-corrected chi connectivity index (χ2v) is 8.12. The second-order valence-electron chi connectivity index (χ2n) is 8.12. The third-order valence-electron chi connectivity index (χ3n) is 6.34. The quantitative estimate of drug-likeness (QED) is 0.758. The van der Waals surface area contributed by atoms with Crippen LogP contribution >= 0.6 is 0 Å². The number of aromatic nitrogens is 1. The lowest BCUT2D eigenvalue weighted by atomic mass is 9.74. The summed E-state index contributed by atoms with van der Waals surface area (Å²) >= 11 is 0. The Morgan fingerprint density at radius 3 is 2.74 bits per heavy atom. The Bertz CT molecular complexity index is 752. The molecule has 0 spiro atoms. The van der Waals surface area contributed by atoms with Gasteiger partial charge in [-0.05, 0) is 80.4 Å². The van der Waals surface area contributed by atoms with Crippen LogP contribution in [0.25, 0.3) is 0 Å². The molecule has 4 rings (SSSR count). The van der Waals surface area contributed by atoms with Gasteiger partial charge in [0.25, 0.3) is 0 Å². The molecule has 142 valence electrons. The minimum atomic E-state index is -0.671. The van der Waals surface area contributed by atoms with Gasteiger partial charge in [0, 0.05) is 31.0 Å². The first-order valence-corrected chi connectivity index (χ1v) is 10.3. The zero-order valence-electron chi connectivity index (χ0n) is 16.1. The topological polar surface area (TPSA) is 36.4 Å². The number of hydrogen-bond donors (Lipinski definition) is 1. The number of pyridine rings is 1. The van der Waals surface area contributed by atoms with Crippen LogP contribution in [0, 0.1) is 5.92 Å². The fourth-order valence-electron chi connectivity index (χ4n) is 4.49. The first-order chi connectivity index (χ1) is 13.2. The van der Waals surface area contributed by atoms with Crippen molar-refractivity contribution < 1.29 is 5.11 Å². The summed E-state index contributed by atoms with van der Waals surface area (Å²) in [5, 5.41) is 11.0. The summed E-state index contributed by atoms with van der Waals surface area (Å²) in [5.41, 5.74) is 3.17. The summed E-state index contributed by atoms with van der Waals surface area (Å²) in [5.74, 6) is 0.715. The van der Waals surface area contributed by atoms with E-state index in [1.165, 1.54) is 17.6 Å². The Kier molecular flexibility index (Phi) is 5.58. The van der Waals surface area contributed by atoms with Gasteiger partial charge in [-0.2, -0.15) is 0 Å². The van der Waals surface area contributed by atoms with Gasteiger partial charge in [-0.25, -0.2) is 0 Å². The van der Waals surface area contributed by atoms with Gasteiger partial charge in [0.2, 0.25) is 0 Å². The third-order valence-corrected chi connectivity index (χ3v) is 6.34. The molecule has 0 amide bonds. The first-order valence-electron chi connectivity index (χ1n) is 10.3. The molecule has 3 nitrogen and oxygen atoms in total. The smallest absolute Gasteiger partial charge is 0.0911 e.